The molecule has 2 aliphatic rings. The van der Waals surface area contributed by atoms with Gasteiger partial charge in [-0.3, -0.25) is 9.48 Å². The molecule has 0 spiro atoms. The van der Waals surface area contributed by atoms with Crippen molar-refractivity contribution in [2.75, 3.05) is 33.0 Å². The van der Waals surface area contributed by atoms with E-state index in [2.05, 4.69) is 10.4 Å². The van der Waals surface area contributed by atoms with Gasteiger partial charge in [0.2, 0.25) is 0 Å². The summed E-state index contributed by atoms with van der Waals surface area (Å²) in [6.07, 6.45) is -1.90. The molecule has 7 nitrogen and oxygen atoms in total. The van der Waals surface area contributed by atoms with Gasteiger partial charge < -0.3 is 19.5 Å². The van der Waals surface area contributed by atoms with E-state index >= 15 is 0 Å². The van der Waals surface area contributed by atoms with Gasteiger partial charge >= 0.3 is 6.18 Å². The van der Waals surface area contributed by atoms with E-state index in [0.717, 1.165) is 18.9 Å². The quantitative estimate of drug-likeness (QED) is 0.694. The van der Waals surface area contributed by atoms with Crippen molar-refractivity contribution in [3.63, 3.8) is 0 Å². The summed E-state index contributed by atoms with van der Waals surface area (Å²) in [6, 6.07) is 3.39. The molecule has 0 radical (unpaired) electrons. The highest BCUT2D eigenvalue weighted by Crippen LogP contribution is 2.39. The Labute approximate surface area is 187 Å². The van der Waals surface area contributed by atoms with Crippen LogP contribution in [0.1, 0.15) is 28.8 Å². The minimum absolute atomic E-state index is 0.0120. The lowest BCUT2D eigenvalue weighted by molar-refractivity contribution is -0.137. The van der Waals surface area contributed by atoms with Crippen molar-refractivity contribution in [2.45, 2.75) is 37.8 Å². The first-order chi connectivity index (χ1) is 15.3. The molecule has 4 rings (SSSR count). The van der Waals surface area contributed by atoms with E-state index in [0.29, 0.717) is 33.0 Å². The third kappa shape index (κ3) is 5.43. The van der Waals surface area contributed by atoms with Crippen LogP contribution in [0.4, 0.5) is 13.2 Å². The van der Waals surface area contributed by atoms with Crippen LogP contribution in [0.3, 0.4) is 0 Å². The predicted octanol–water partition coefficient (Wildman–Crippen LogP) is 3.55. The normalized spacial score (nSPS) is 21.6. The fourth-order valence-electron chi connectivity index (χ4n) is 3.76. The lowest BCUT2D eigenvalue weighted by atomic mass is 10.0. The van der Waals surface area contributed by atoms with Crippen molar-refractivity contribution in [1.29, 1.82) is 0 Å². The maximum Gasteiger partial charge on any atom is 0.417 e. The Morgan fingerprint density at radius 3 is 2.72 bits per heavy atom. The summed E-state index contributed by atoms with van der Waals surface area (Å²) >= 11 is 6.23. The highest BCUT2D eigenvalue weighted by Gasteiger charge is 2.36. The number of hydrogen-bond donors (Lipinski definition) is 1. The summed E-state index contributed by atoms with van der Waals surface area (Å²) in [5.41, 5.74) is -1.28. The first-order valence-corrected chi connectivity index (χ1v) is 10.7. The molecule has 2 aliphatic heterocycles. The molecule has 2 saturated heterocycles. The van der Waals surface area contributed by atoms with Crippen molar-refractivity contribution < 1.29 is 32.2 Å². The second-order valence-electron chi connectivity index (χ2n) is 7.72. The smallest absolute Gasteiger partial charge is 0.376 e. The number of nitrogens with zero attached hydrogens (tertiary/aromatic N) is 2. The molecule has 1 N–H and O–H groups in total. The molecule has 0 bridgehead atoms. The summed E-state index contributed by atoms with van der Waals surface area (Å²) in [7, 11) is 0. The average molecular weight is 474 g/mol. The largest absolute Gasteiger partial charge is 0.417 e. The molecular weight excluding hydrogens is 451 g/mol. The van der Waals surface area contributed by atoms with E-state index in [1.54, 1.807) is 0 Å². The third-order valence-electron chi connectivity index (χ3n) is 5.35. The Morgan fingerprint density at radius 1 is 1.22 bits per heavy atom. The van der Waals surface area contributed by atoms with Crippen molar-refractivity contribution in [2.24, 2.45) is 0 Å². The number of carbonyl (C=O) groups is 1. The number of rotatable bonds is 6. The van der Waals surface area contributed by atoms with E-state index in [4.69, 9.17) is 25.8 Å². The fraction of sp³-hybridized carbons (Fsp3) is 0.524. The van der Waals surface area contributed by atoms with Crippen LogP contribution < -0.4 is 5.32 Å². The number of carbonyl (C=O) groups excluding carboxylic acids is 1. The molecular formula is C21H23ClF3N3O4. The average Bonchev–Trinajstić information content (AvgIpc) is 3.41. The summed E-state index contributed by atoms with van der Waals surface area (Å²) in [6.45, 7) is 2.50. The molecule has 2 aromatic rings. The van der Waals surface area contributed by atoms with Gasteiger partial charge in [0, 0.05) is 30.5 Å². The second-order valence-corrected chi connectivity index (χ2v) is 8.13. The van der Waals surface area contributed by atoms with Gasteiger partial charge in [-0.1, -0.05) is 17.7 Å². The second kappa shape index (κ2) is 9.78. The van der Waals surface area contributed by atoms with E-state index < -0.39 is 17.6 Å². The Bertz CT molecular complexity index is 954. The lowest BCUT2D eigenvalue weighted by Crippen LogP contribution is -2.32. The molecule has 2 atom stereocenters. The van der Waals surface area contributed by atoms with Crippen LogP contribution >= 0.6 is 11.6 Å². The van der Waals surface area contributed by atoms with Crippen molar-refractivity contribution >= 4 is 17.5 Å². The molecule has 2 fully saturated rings. The standard InChI is InChI=1S/C21H23ClF3N3O4/c22-18-11-28(10-15-12-30-6-7-32-15)27-19(18)16-4-3-13(8-17(16)21(23,24)25)20(29)26-9-14-2-1-5-31-14/h3-4,8,11,14-15H,1-2,5-7,9-10,12H2,(H,26,29)/t14-,15-/m0/s1. The van der Waals surface area contributed by atoms with Crippen LogP contribution in [0, 0.1) is 0 Å². The number of halogens is 4. The number of amides is 1. The van der Waals surface area contributed by atoms with Gasteiger partial charge in [0.05, 0.1) is 43.1 Å². The number of benzene rings is 1. The molecule has 1 aromatic carbocycles. The van der Waals surface area contributed by atoms with E-state index in [-0.39, 0.29) is 40.6 Å². The van der Waals surface area contributed by atoms with E-state index in [9.17, 15) is 18.0 Å². The molecule has 1 amide bonds. The number of aromatic nitrogens is 2. The fourth-order valence-corrected chi connectivity index (χ4v) is 4.02. The minimum atomic E-state index is -4.70. The van der Waals surface area contributed by atoms with Crippen LogP contribution in [-0.4, -0.2) is 60.9 Å². The third-order valence-corrected chi connectivity index (χ3v) is 5.63. The van der Waals surface area contributed by atoms with Gasteiger partial charge in [-0.15, -0.1) is 0 Å². The Morgan fingerprint density at radius 2 is 2.03 bits per heavy atom. The van der Waals surface area contributed by atoms with Crippen molar-refractivity contribution in [1.82, 2.24) is 15.1 Å². The molecule has 0 saturated carbocycles. The number of hydrogen-bond acceptors (Lipinski definition) is 5. The molecule has 32 heavy (non-hydrogen) atoms. The Hall–Kier alpha value is -2.14. The maximum absolute atomic E-state index is 13.9. The molecule has 1 aromatic heterocycles. The van der Waals surface area contributed by atoms with Crippen LogP contribution in [-0.2, 0) is 26.9 Å². The molecule has 0 aliphatic carbocycles. The van der Waals surface area contributed by atoms with Gasteiger partial charge in [-0.2, -0.15) is 18.3 Å². The van der Waals surface area contributed by atoms with E-state index in [1.165, 1.54) is 23.0 Å². The first-order valence-electron chi connectivity index (χ1n) is 10.3. The van der Waals surface area contributed by atoms with Crippen LogP contribution in [0.2, 0.25) is 5.02 Å². The molecule has 3 heterocycles. The lowest BCUT2D eigenvalue weighted by Gasteiger charge is -2.22. The van der Waals surface area contributed by atoms with Crippen LogP contribution in [0.5, 0.6) is 0 Å². The summed E-state index contributed by atoms with van der Waals surface area (Å²) in [5.74, 6) is -0.594. The van der Waals surface area contributed by atoms with Crippen molar-refractivity contribution in [3.8, 4) is 11.3 Å². The molecule has 11 heteroatoms. The topological polar surface area (TPSA) is 74.6 Å². The zero-order valence-corrected chi connectivity index (χ0v) is 17.9. The summed E-state index contributed by atoms with van der Waals surface area (Å²) in [4.78, 5) is 12.4. The SMILES string of the molecule is O=C(NC[C@@H]1CCCO1)c1ccc(-c2nn(C[C@H]3COCCO3)cc2Cl)c(C(F)(F)F)c1. The summed E-state index contributed by atoms with van der Waals surface area (Å²) < 4.78 is 59.3. The van der Waals surface area contributed by atoms with Crippen molar-refractivity contribution in [3.05, 3.63) is 40.5 Å². The minimum Gasteiger partial charge on any atom is -0.376 e. The highest BCUT2D eigenvalue weighted by atomic mass is 35.5. The van der Waals surface area contributed by atoms with Crippen LogP contribution in [0.25, 0.3) is 11.3 Å². The maximum atomic E-state index is 13.9. The summed E-state index contributed by atoms with van der Waals surface area (Å²) in [5, 5.41) is 6.95. The van der Waals surface area contributed by atoms with Gasteiger partial charge in [0.25, 0.3) is 5.91 Å². The highest BCUT2D eigenvalue weighted by molar-refractivity contribution is 6.33. The first kappa shape index (κ1) is 23.0. The van der Waals surface area contributed by atoms with Gasteiger partial charge in [-0.05, 0) is 25.0 Å². The Kier molecular flexibility index (Phi) is 7.04. The van der Waals surface area contributed by atoms with Crippen LogP contribution in [0.15, 0.2) is 24.4 Å². The number of alkyl halides is 3. The molecule has 174 valence electrons. The number of ether oxygens (including phenoxy) is 3. The number of nitrogens with one attached hydrogen (secondary N) is 1. The zero-order chi connectivity index (χ0) is 22.7. The predicted molar refractivity (Wildman–Crippen MR) is 110 cm³/mol. The van der Waals surface area contributed by atoms with Gasteiger partial charge in [0.1, 0.15) is 11.8 Å². The zero-order valence-electron chi connectivity index (χ0n) is 17.2. The van der Waals surface area contributed by atoms with Gasteiger partial charge in [-0.25, -0.2) is 0 Å². The monoisotopic (exact) mass is 473 g/mol. The molecule has 0 unspecified atom stereocenters. The van der Waals surface area contributed by atoms with Gasteiger partial charge in [0.15, 0.2) is 0 Å². The van der Waals surface area contributed by atoms with E-state index in [1.807, 2.05) is 0 Å². The Balaban J connectivity index is 1.56.